The Morgan fingerprint density at radius 1 is 1.06 bits per heavy atom. The summed E-state index contributed by atoms with van der Waals surface area (Å²) < 4.78 is 0. The maximum atomic E-state index is 13.3. The maximum Gasteiger partial charge on any atom is 0.243 e. The summed E-state index contributed by atoms with van der Waals surface area (Å²) >= 11 is 13.8. The van der Waals surface area contributed by atoms with Crippen LogP contribution < -0.4 is 5.32 Å². The lowest BCUT2D eigenvalue weighted by atomic mass is 10.1. The van der Waals surface area contributed by atoms with Crippen LogP contribution >= 0.6 is 35.0 Å². The third-order valence-electron chi connectivity index (χ3n) is 5.47. The molecule has 0 aromatic heterocycles. The summed E-state index contributed by atoms with van der Waals surface area (Å²) in [5.74, 6) is 0.845. The lowest BCUT2D eigenvalue weighted by Crippen LogP contribution is -2.51. The molecular formula is C25H32Cl2N2O2S. The molecule has 1 N–H and O–H groups in total. The number of carbonyl (C=O) groups is 2. The summed E-state index contributed by atoms with van der Waals surface area (Å²) in [6.45, 7) is 8.28. The molecule has 2 aromatic carbocycles. The van der Waals surface area contributed by atoms with E-state index in [1.807, 2.05) is 39.0 Å². The van der Waals surface area contributed by atoms with Crippen molar-refractivity contribution in [2.24, 2.45) is 0 Å². The molecule has 2 rings (SSSR count). The van der Waals surface area contributed by atoms with Crippen molar-refractivity contribution in [3.8, 4) is 0 Å². The molecular weight excluding hydrogens is 463 g/mol. The van der Waals surface area contributed by atoms with Crippen molar-refractivity contribution in [1.29, 1.82) is 0 Å². The van der Waals surface area contributed by atoms with E-state index in [0.29, 0.717) is 28.8 Å². The highest BCUT2D eigenvalue weighted by atomic mass is 35.5. The third-order valence-corrected chi connectivity index (χ3v) is 7.17. The fourth-order valence-electron chi connectivity index (χ4n) is 3.30. The molecule has 2 aromatic rings. The van der Waals surface area contributed by atoms with Gasteiger partial charge in [-0.15, -0.1) is 11.8 Å². The molecule has 2 atom stereocenters. The average Bonchev–Trinajstić information content (AvgIpc) is 2.77. The number of benzene rings is 2. The number of hydrogen-bond donors (Lipinski definition) is 1. The summed E-state index contributed by atoms with van der Waals surface area (Å²) in [5.41, 5.74) is 3.26. The molecule has 0 aliphatic heterocycles. The average molecular weight is 496 g/mol. The molecule has 0 fully saturated rings. The predicted molar refractivity (Wildman–Crippen MR) is 136 cm³/mol. The summed E-state index contributed by atoms with van der Waals surface area (Å²) in [5, 5.41) is 3.92. The van der Waals surface area contributed by atoms with Crippen LogP contribution in [0, 0.1) is 6.92 Å². The van der Waals surface area contributed by atoms with Gasteiger partial charge in [0, 0.05) is 18.3 Å². The van der Waals surface area contributed by atoms with E-state index in [4.69, 9.17) is 23.2 Å². The monoisotopic (exact) mass is 494 g/mol. The van der Waals surface area contributed by atoms with Crippen LogP contribution in [0.2, 0.25) is 10.0 Å². The first-order valence-electron chi connectivity index (χ1n) is 10.9. The van der Waals surface area contributed by atoms with E-state index in [9.17, 15) is 9.59 Å². The van der Waals surface area contributed by atoms with Crippen LogP contribution in [0.4, 0.5) is 0 Å². The molecule has 0 bridgehead atoms. The Kier molecular flexibility index (Phi) is 10.9. The van der Waals surface area contributed by atoms with Crippen molar-refractivity contribution >= 4 is 46.8 Å². The Balaban J connectivity index is 2.18. The zero-order chi connectivity index (χ0) is 23.7. The van der Waals surface area contributed by atoms with Crippen LogP contribution in [0.3, 0.4) is 0 Å². The van der Waals surface area contributed by atoms with Crippen molar-refractivity contribution in [1.82, 2.24) is 10.2 Å². The zero-order valence-corrected chi connectivity index (χ0v) is 21.5. The van der Waals surface area contributed by atoms with Gasteiger partial charge in [-0.3, -0.25) is 9.59 Å². The summed E-state index contributed by atoms with van der Waals surface area (Å²) in [6.07, 6.45) is 1.35. The summed E-state index contributed by atoms with van der Waals surface area (Å²) in [6, 6.07) is 13.0. The number of amides is 2. The van der Waals surface area contributed by atoms with Gasteiger partial charge in [-0.1, -0.05) is 67.4 Å². The Bertz CT molecular complexity index is 923. The Hall–Kier alpha value is -1.69. The summed E-state index contributed by atoms with van der Waals surface area (Å²) in [4.78, 5) is 28.0. The van der Waals surface area contributed by atoms with Gasteiger partial charge in [0.1, 0.15) is 6.04 Å². The second-order valence-electron chi connectivity index (χ2n) is 7.93. The molecule has 2 amide bonds. The van der Waals surface area contributed by atoms with Crippen molar-refractivity contribution in [2.45, 2.75) is 64.9 Å². The molecule has 0 saturated carbocycles. The second kappa shape index (κ2) is 13.1. The van der Waals surface area contributed by atoms with Crippen molar-refractivity contribution in [3.63, 3.8) is 0 Å². The van der Waals surface area contributed by atoms with Gasteiger partial charge in [0.25, 0.3) is 0 Å². The number of nitrogens with zero attached hydrogens (tertiary/aromatic N) is 1. The van der Waals surface area contributed by atoms with Gasteiger partial charge in [0.15, 0.2) is 0 Å². The molecule has 0 spiro atoms. The Morgan fingerprint density at radius 3 is 2.41 bits per heavy atom. The van der Waals surface area contributed by atoms with Crippen molar-refractivity contribution < 1.29 is 9.59 Å². The van der Waals surface area contributed by atoms with Crippen LogP contribution in [0.15, 0.2) is 42.5 Å². The lowest BCUT2D eigenvalue weighted by Gasteiger charge is -2.31. The van der Waals surface area contributed by atoms with Gasteiger partial charge >= 0.3 is 0 Å². The number of nitrogens with one attached hydrogen (secondary N) is 1. The highest BCUT2D eigenvalue weighted by Crippen LogP contribution is 2.25. The van der Waals surface area contributed by atoms with Crippen LogP contribution in [0.5, 0.6) is 0 Å². The number of hydrogen-bond acceptors (Lipinski definition) is 3. The molecule has 32 heavy (non-hydrogen) atoms. The van der Waals surface area contributed by atoms with Gasteiger partial charge < -0.3 is 10.2 Å². The Labute approximate surface area is 206 Å². The summed E-state index contributed by atoms with van der Waals surface area (Å²) in [7, 11) is 0. The molecule has 0 unspecified atom stereocenters. The van der Waals surface area contributed by atoms with Gasteiger partial charge in [0.05, 0.1) is 15.8 Å². The fourth-order valence-corrected chi connectivity index (χ4v) is 4.61. The quantitative estimate of drug-likeness (QED) is 0.401. The first kappa shape index (κ1) is 26.6. The van der Waals surface area contributed by atoms with E-state index < -0.39 is 6.04 Å². The number of carbonyl (C=O) groups excluding carboxylic acids is 2. The van der Waals surface area contributed by atoms with Crippen molar-refractivity contribution in [2.75, 3.05) is 5.75 Å². The number of rotatable bonds is 11. The highest BCUT2D eigenvalue weighted by Gasteiger charge is 2.29. The van der Waals surface area contributed by atoms with E-state index in [1.54, 1.807) is 28.8 Å². The van der Waals surface area contributed by atoms with E-state index >= 15 is 0 Å². The van der Waals surface area contributed by atoms with Crippen LogP contribution in [0.25, 0.3) is 0 Å². The minimum atomic E-state index is -0.551. The molecule has 174 valence electrons. The van der Waals surface area contributed by atoms with Gasteiger partial charge in [-0.25, -0.2) is 0 Å². The highest BCUT2D eigenvalue weighted by molar-refractivity contribution is 7.99. The molecule has 4 nitrogen and oxygen atoms in total. The van der Waals surface area contributed by atoms with E-state index in [-0.39, 0.29) is 17.9 Å². The molecule has 0 heterocycles. The predicted octanol–water partition coefficient (Wildman–Crippen LogP) is 6.26. The van der Waals surface area contributed by atoms with E-state index in [0.717, 1.165) is 17.7 Å². The first-order chi connectivity index (χ1) is 15.3. The maximum absolute atomic E-state index is 13.3. The molecule has 0 saturated heterocycles. The SMILES string of the molecule is CC[C@H](C(=O)N[C@@H](C)CC)N(Cc1ccc(Cl)c(Cl)c1)C(=O)CSCc1ccccc1C. The van der Waals surface area contributed by atoms with E-state index in [1.165, 1.54) is 11.1 Å². The second-order valence-corrected chi connectivity index (χ2v) is 9.73. The Morgan fingerprint density at radius 2 is 1.78 bits per heavy atom. The van der Waals surface area contributed by atoms with Gasteiger partial charge in [0.2, 0.25) is 11.8 Å². The van der Waals surface area contributed by atoms with E-state index in [2.05, 4.69) is 24.4 Å². The first-order valence-corrected chi connectivity index (χ1v) is 12.8. The minimum Gasteiger partial charge on any atom is -0.352 e. The topological polar surface area (TPSA) is 49.4 Å². The normalized spacial score (nSPS) is 12.8. The van der Waals surface area contributed by atoms with Gasteiger partial charge in [-0.2, -0.15) is 0 Å². The molecule has 0 aliphatic carbocycles. The standard InChI is InChI=1S/C25H32Cl2N2O2S/c1-5-18(4)28-25(31)23(6-2)29(14-19-11-12-21(26)22(27)13-19)24(30)16-32-15-20-10-8-7-9-17(20)3/h7-13,18,23H,5-6,14-16H2,1-4H3,(H,28,31)/t18-,23+/m0/s1. The smallest absolute Gasteiger partial charge is 0.243 e. The largest absolute Gasteiger partial charge is 0.352 e. The number of thioether (sulfide) groups is 1. The van der Waals surface area contributed by atoms with Crippen molar-refractivity contribution in [3.05, 3.63) is 69.2 Å². The third kappa shape index (κ3) is 7.72. The zero-order valence-electron chi connectivity index (χ0n) is 19.2. The van der Waals surface area contributed by atoms with Crippen LogP contribution in [-0.4, -0.2) is 34.6 Å². The lowest BCUT2D eigenvalue weighted by molar-refractivity contribution is -0.139. The number of aryl methyl sites for hydroxylation is 1. The molecule has 7 heteroatoms. The molecule has 0 radical (unpaired) electrons. The fraction of sp³-hybridized carbons (Fsp3) is 0.440. The van der Waals surface area contributed by atoms with Gasteiger partial charge in [-0.05, 0) is 55.5 Å². The van der Waals surface area contributed by atoms with Crippen LogP contribution in [0.1, 0.15) is 50.3 Å². The number of halogens is 2. The van der Waals surface area contributed by atoms with Crippen LogP contribution in [-0.2, 0) is 21.9 Å². The minimum absolute atomic E-state index is 0.0499. The molecule has 0 aliphatic rings.